The monoisotopic (exact) mass is 234 g/mol. The normalized spacial score (nSPS) is 33.1. The highest BCUT2D eigenvalue weighted by Crippen LogP contribution is 2.44. The van der Waals surface area contributed by atoms with E-state index in [1.807, 2.05) is 6.20 Å². The summed E-state index contributed by atoms with van der Waals surface area (Å²) in [5, 5.41) is 3.69. The van der Waals surface area contributed by atoms with Gasteiger partial charge in [-0.2, -0.15) is 0 Å². The average Bonchev–Trinajstić information content (AvgIpc) is 3.06. The van der Waals surface area contributed by atoms with Crippen LogP contribution in [0.3, 0.4) is 0 Å². The molecule has 4 atom stereocenters. The van der Waals surface area contributed by atoms with Gasteiger partial charge < -0.3 is 15.0 Å². The van der Waals surface area contributed by atoms with E-state index in [1.165, 1.54) is 31.4 Å². The molecular weight excluding hydrogens is 212 g/mol. The van der Waals surface area contributed by atoms with E-state index >= 15 is 0 Å². The molecule has 0 amide bonds. The molecule has 94 valence electrons. The zero-order chi connectivity index (χ0) is 11.7. The van der Waals surface area contributed by atoms with Gasteiger partial charge in [-0.25, -0.2) is 0 Å². The van der Waals surface area contributed by atoms with Crippen LogP contribution in [0, 0.1) is 5.92 Å². The number of H-pyrrole nitrogens is 1. The van der Waals surface area contributed by atoms with Gasteiger partial charge in [0.15, 0.2) is 0 Å². The number of hydrogen-bond acceptors (Lipinski definition) is 2. The maximum atomic E-state index is 5.99. The van der Waals surface area contributed by atoms with Gasteiger partial charge in [0.25, 0.3) is 0 Å². The van der Waals surface area contributed by atoms with E-state index in [4.69, 9.17) is 4.74 Å². The van der Waals surface area contributed by atoms with Gasteiger partial charge in [-0.3, -0.25) is 0 Å². The van der Waals surface area contributed by atoms with E-state index in [9.17, 15) is 0 Å². The molecule has 2 N–H and O–H groups in total. The molecule has 17 heavy (non-hydrogen) atoms. The quantitative estimate of drug-likeness (QED) is 0.821. The van der Waals surface area contributed by atoms with E-state index < -0.39 is 0 Å². The average molecular weight is 234 g/mol. The van der Waals surface area contributed by atoms with Crippen LogP contribution in [0.15, 0.2) is 18.3 Å². The number of nitrogens with one attached hydrogen (secondary N) is 2. The van der Waals surface area contributed by atoms with Gasteiger partial charge in [0.05, 0.1) is 18.2 Å². The highest BCUT2D eigenvalue weighted by atomic mass is 16.5. The molecule has 0 aliphatic carbocycles. The fourth-order valence-electron chi connectivity index (χ4n) is 3.36. The maximum Gasteiger partial charge on any atom is 0.0627 e. The number of aromatic amines is 1. The molecule has 2 bridgehead atoms. The molecule has 3 heterocycles. The minimum Gasteiger partial charge on any atom is -0.375 e. The van der Waals surface area contributed by atoms with Gasteiger partial charge in [-0.1, -0.05) is 6.92 Å². The number of aromatic nitrogens is 1. The van der Waals surface area contributed by atoms with Crippen LogP contribution in [0.2, 0.25) is 0 Å². The first kappa shape index (κ1) is 11.3. The van der Waals surface area contributed by atoms with Crippen molar-refractivity contribution < 1.29 is 4.74 Å². The first-order chi connectivity index (χ1) is 8.38. The third-order valence-corrected chi connectivity index (χ3v) is 4.15. The highest BCUT2D eigenvalue weighted by molar-refractivity contribution is 5.13. The van der Waals surface area contributed by atoms with Crippen molar-refractivity contribution in [2.75, 3.05) is 6.54 Å². The summed E-state index contributed by atoms with van der Waals surface area (Å²) in [7, 11) is 0. The lowest BCUT2D eigenvalue weighted by Crippen LogP contribution is -2.34. The zero-order valence-electron chi connectivity index (χ0n) is 10.5. The van der Waals surface area contributed by atoms with Gasteiger partial charge in [-0.05, 0) is 44.4 Å². The van der Waals surface area contributed by atoms with Crippen molar-refractivity contribution >= 4 is 0 Å². The molecule has 0 aromatic carbocycles. The molecule has 1 aromatic heterocycles. The second-order valence-electron chi connectivity index (χ2n) is 5.33. The highest BCUT2D eigenvalue weighted by Gasteiger charge is 2.44. The number of ether oxygens (including phenoxy) is 1. The van der Waals surface area contributed by atoms with Gasteiger partial charge in [0, 0.05) is 17.8 Å². The Morgan fingerprint density at radius 3 is 3.06 bits per heavy atom. The lowest BCUT2D eigenvalue weighted by Gasteiger charge is -2.28. The fourth-order valence-corrected chi connectivity index (χ4v) is 3.36. The summed E-state index contributed by atoms with van der Waals surface area (Å²) in [6.45, 7) is 3.30. The van der Waals surface area contributed by atoms with Crippen LogP contribution in [0.25, 0.3) is 0 Å². The van der Waals surface area contributed by atoms with Crippen molar-refractivity contribution in [1.82, 2.24) is 10.3 Å². The Balaban J connectivity index is 1.74. The van der Waals surface area contributed by atoms with Crippen LogP contribution >= 0.6 is 0 Å². The molecule has 0 radical (unpaired) electrons. The van der Waals surface area contributed by atoms with Crippen LogP contribution < -0.4 is 5.32 Å². The molecule has 2 aliphatic heterocycles. The van der Waals surface area contributed by atoms with Gasteiger partial charge in [0.1, 0.15) is 0 Å². The Kier molecular flexibility index (Phi) is 3.21. The third-order valence-electron chi connectivity index (χ3n) is 4.15. The second-order valence-corrected chi connectivity index (χ2v) is 5.33. The van der Waals surface area contributed by atoms with Gasteiger partial charge >= 0.3 is 0 Å². The molecule has 2 aliphatic rings. The second kappa shape index (κ2) is 4.83. The Morgan fingerprint density at radius 1 is 1.53 bits per heavy atom. The van der Waals surface area contributed by atoms with E-state index in [-0.39, 0.29) is 0 Å². The summed E-state index contributed by atoms with van der Waals surface area (Å²) in [5.41, 5.74) is 1.32. The van der Waals surface area contributed by atoms with Crippen LogP contribution in [0.5, 0.6) is 0 Å². The predicted octanol–water partition coefficient (Wildman–Crippen LogP) is 2.62. The molecule has 3 rings (SSSR count). The topological polar surface area (TPSA) is 37.0 Å². The molecule has 3 heteroatoms. The lowest BCUT2D eigenvalue weighted by atomic mass is 9.82. The molecule has 2 fully saturated rings. The molecule has 2 saturated heterocycles. The SMILES string of the molecule is CCCNC(c1ccc[nH]1)C1CC2CCC1O2. The predicted molar refractivity (Wildman–Crippen MR) is 67.8 cm³/mol. The van der Waals surface area contributed by atoms with Crippen LogP contribution in [-0.2, 0) is 4.74 Å². The summed E-state index contributed by atoms with van der Waals surface area (Å²) in [4.78, 5) is 3.36. The Bertz CT molecular complexity index is 349. The number of fused-ring (bicyclic) bond motifs is 2. The largest absolute Gasteiger partial charge is 0.375 e. The Morgan fingerprint density at radius 2 is 2.47 bits per heavy atom. The van der Waals surface area contributed by atoms with E-state index in [1.54, 1.807) is 0 Å². The van der Waals surface area contributed by atoms with Gasteiger partial charge in [-0.15, -0.1) is 0 Å². The van der Waals surface area contributed by atoms with Crippen molar-refractivity contribution in [3.05, 3.63) is 24.0 Å². The smallest absolute Gasteiger partial charge is 0.0627 e. The lowest BCUT2D eigenvalue weighted by molar-refractivity contribution is 0.0854. The van der Waals surface area contributed by atoms with E-state index in [0.717, 1.165) is 6.54 Å². The van der Waals surface area contributed by atoms with E-state index in [0.29, 0.717) is 24.2 Å². The summed E-state index contributed by atoms with van der Waals surface area (Å²) in [6, 6.07) is 4.73. The van der Waals surface area contributed by atoms with Crippen molar-refractivity contribution in [3.63, 3.8) is 0 Å². The van der Waals surface area contributed by atoms with Crippen molar-refractivity contribution in [3.8, 4) is 0 Å². The number of rotatable bonds is 5. The molecular formula is C14H22N2O. The van der Waals surface area contributed by atoms with E-state index in [2.05, 4.69) is 29.4 Å². The van der Waals surface area contributed by atoms with Crippen molar-refractivity contribution in [1.29, 1.82) is 0 Å². The van der Waals surface area contributed by atoms with Crippen LogP contribution in [-0.4, -0.2) is 23.7 Å². The molecule has 4 unspecified atom stereocenters. The molecule has 3 nitrogen and oxygen atoms in total. The summed E-state index contributed by atoms with van der Waals surface area (Å²) >= 11 is 0. The van der Waals surface area contributed by atoms with Crippen molar-refractivity contribution in [2.45, 2.75) is 50.9 Å². The van der Waals surface area contributed by atoms with Crippen molar-refractivity contribution in [2.24, 2.45) is 5.92 Å². The first-order valence-electron chi connectivity index (χ1n) is 6.90. The Labute approximate surface area is 103 Å². The minimum atomic E-state index is 0.445. The zero-order valence-corrected chi connectivity index (χ0v) is 10.5. The third kappa shape index (κ3) is 2.14. The van der Waals surface area contributed by atoms with Gasteiger partial charge in [0.2, 0.25) is 0 Å². The summed E-state index contributed by atoms with van der Waals surface area (Å²) < 4.78 is 5.99. The number of hydrogen-bond donors (Lipinski definition) is 2. The minimum absolute atomic E-state index is 0.445. The molecule has 0 spiro atoms. The van der Waals surface area contributed by atoms with Crippen LogP contribution in [0.1, 0.15) is 44.3 Å². The summed E-state index contributed by atoms with van der Waals surface area (Å²) in [5.74, 6) is 0.652. The Hall–Kier alpha value is -0.800. The fraction of sp³-hybridized carbons (Fsp3) is 0.714. The maximum absolute atomic E-state index is 5.99. The standard InChI is InChI=1S/C14H22N2O/c1-2-7-16-14(12-4-3-8-15-12)11-9-10-5-6-13(11)17-10/h3-4,8,10-11,13-16H,2,5-7,9H2,1H3. The first-order valence-corrected chi connectivity index (χ1v) is 6.90. The molecule has 0 saturated carbocycles. The summed E-state index contributed by atoms with van der Waals surface area (Å²) in [6.07, 6.45) is 7.96. The van der Waals surface area contributed by atoms with Crippen LogP contribution in [0.4, 0.5) is 0 Å². The molecule has 1 aromatic rings.